The average Bonchev–Trinajstić information content (AvgIpc) is 1.07. The molecule has 9 heterocycles. The molecule has 3 aliphatic heterocycles. The first kappa shape index (κ1) is 60.5. The number of aliphatic hydroxyl groups is 1. The van der Waals surface area contributed by atoms with Crippen LogP contribution in [0.2, 0.25) is 0 Å². The lowest BCUT2D eigenvalue weighted by molar-refractivity contribution is 0.0593. The van der Waals surface area contributed by atoms with Gasteiger partial charge in [-0.2, -0.15) is 25.5 Å². The van der Waals surface area contributed by atoms with Gasteiger partial charge in [0.15, 0.2) is 40.0 Å². The molecule has 3 amide bonds. The van der Waals surface area contributed by atoms with Gasteiger partial charge in [0.25, 0.3) is 17.7 Å². The van der Waals surface area contributed by atoms with E-state index < -0.39 is 75.5 Å². The first-order chi connectivity index (χ1) is 44.5. The molecule has 26 heteroatoms. The van der Waals surface area contributed by atoms with Gasteiger partial charge in [-0.25, -0.2) is 14.2 Å². The molecule has 14 rings (SSSR count). The maximum absolute atomic E-state index is 12.9. The Labute approximate surface area is 522 Å². The summed E-state index contributed by atoms with van der Waals surface area (Å²) in [7, 11) is 6.18. The van der Waals surface area contributed by atoms with Gasteiger partial charge in [-0.05, 0) is 34.9 Å². The summed E-state index contributed by atoms with van der Waals surface area (Å²) in [6.07, 6.45) is 7.17. The molecule has 5 aromatic carbocycles. The fourth-order valence-electron chi connectivity index (χ4n) is 12.5. The molecule has 0 saturated carbocycles. The summed E-state index contributed by atoms with van der Waals surface area (Å²) in [6.45, 7) is 0.708. The fraction of sp³-hybridized carbons (Fsp3) is 0.212. The molecule has 0 aliphatic carbocycles. The van der Waals surface area contributed by atoms with Crippen LogP contribution in [-0.2, 0) is 11.3 Å². The molecule has 0 spiro atoms. The van der Waals surface area contributed by atoms with Crippen LogP contribution in [0.15, 0.2) is 197 Å². The lowest BCUT2D eigenvalue weighted by Gasteiger charge is -2.38. The second-order valence-corrected chi connectivity index (χ2v) is 22.3. The van der Waals surface area contributed by atoms with E-state index in [-0.39, 0.29) is 60.5 Å². The van der Waals surface area contributed by atoms with Gasteiger partial charge >= 0.3 is 5.97 Å². The van der Waals surface area contributed by atoms with Crippen LogP contribution in [0.1, 0.15) is 101 Å². The first-order valence-corrected chi connectivity index (χ1v) is 29.1. The van der Waals surface area contributed by atoms with E-state index in [0.717, 1.165) is 40.0 Å². The number of ether oxygens (including phenoxy) is 1. The smallest absolute Gasteiger partial charge is 0.359 e. The van der Waals surface area contributed by atoms with Gasteiger partial charge < -0.3 is 44.4 Å². The Morgan fingerprint density at radius 1 is 0.500 bits per heavy atom. The maximum Gasteiger partial charge on any atom is 0.359 e. The van der Waals surface area contributed by atoms with E-state index in [9.17, 15) is 54.0 Å². The van der Waals surface area contributed by atoms with Crippen molar-refractivity contribution >= 4 is 45.5 Å². The molecule has 0 bridgehead atoms. The number of hydrogen-bond donors (Lipinski definition) is 4. The van der Waals surface area contributed by atoms with Crippen molar-refractivity contribution in [3.05, 3.63) is 258 Å². The molecule has 0 fully saturated rings. The third kappa shape index (κ3) is 10.8. The van der Waals surface area contributed by atoms with E-state index in [1.54, 1.807) is 48.9 Å². The zero-order valence-corrected chi connectivity index (χ0v) is 49.9. The second-order valence-electron chi connectivity index (χ2n) is 22.3. The highest BCUT2D eigenvalue weighted by molar-refractivity contribution is 6.02. The van der Waals surface area contributed by atoms with E-state index in [1.807, 2.05) is 155 Å². The van der Waals surface area contributed by atoms with Crippen molar-refractivity contribution < 1.29 is 44.3 Å². The van der Waals surface area contributed by atoms with E-state index in [2.05, 4.69) is 20.4 Å². The standard InChI is InChI=1S/C24H21N5O5.C23H21N5O4.C19H18N4O3/c1-27-13-17(28-21(23(27)32)22(31)18(30)12-25-28)20(14-8-4-3-5-9-14)29-16-11-7-6-10-15(16)19(26-29)24(33)34-2;1-26-12-18(27-21(23(26)32)22(31)19(30)11-24-27)20(14-7-3-2-4-8-14)28-17-10-6-5-9-15(17)16(13-29)25-28;1-21-12-14(22-11-8-15(24)18(25)17(22)19(21)26)16(23-10-5-9-20-23)13-6-3-2-4-7-13/h3-12,17,20,31H,13H2,1-2H3;2-11,18,20,29,31H,12-13H2,1H3;2-11,14,16,25H,12H2,1H3. The SMILES string of the molecule is CN1CC(C(c2ccccc2)n2cccn2)n2ccc(=O)c(O)c2C1=O.CN1CC(C(c2ccccc2)n2nc(CO)c3ccccc32)n2ncc(=O)c(O)c2C1=O.COC(=O)c1nn(C(c2ccccc2)C2CN(C)C(=O)c3c(O)c(=O)cnn32)c2ccccc12. The van der Waals surface area contributed by atoms with Crippen molar-refractivity contribution in [3.63, 3.8) is 0 Å². The van der Waals surface area contributed by atoms with Gasteiger partial charge in [0, 0.05) is 76.2 Å². The van der Waals surface area contributed by atoms with E-state index in [0.29, 0.717) is 23.1 Å². The molecule has 0 radical (unpaired) electrons. The average molecular weight is 1240 g/mol. The number of pyridine rings is 1. The number of amides is 3. The highest BCUT2D eigenvalue weighted by Crippen LogP contribution is 2.41. The van der Waals surface area contributed by atoms with Crippen molar-refractivity contribution in [3.8, 4) is 17.2 Å². The minimum absolute atomic E-state index is 0.0179. The minimum atomic E-state index is -0.734. The van der Waals surface area contributed by atoms with Crippen LogP contribution in [0, 0.1) is 0 Å². The summed E-state index contributed by atoms with van der Waals surface area (Å²) in [6, 6.07) is 44.5. The maximum atomic E-state index is 12.9. The zero-order chi connectivity index (χ0) is 64.6. The predicted molar refractivity (Wildman–Crippen MR) is 333 cm³/mol. The molecule has 6 aromatic heterocycles. The molecule has 466 valence electrons. The van der Waals surface area contributed by atoms with Crippen LogP contribution in [0.5, 0.6) is 17.2 Å². The summed E-state index contributed by atoms with van der Waals surface area (Å²) in [5.74, 6) is -3.70. The third-order valence-electron chi connectivity index (χ3n) is 16.8. The van der Waals surface area contributed by atoms with Crippen molar-refractivity contribution in [2.45, 2.75) is 42.9 Å². The van der Waals surface area contributed by atoms with Gasteiger partial charge in [0.05, 0.1) is 67.0 Å². The molecule has 92 heavy (non-hydrogen) atoms. The highest BCUT2D eigenvalue weighted by atomic mass is 16.5. The number of carbonyl (C=O) groups is 4. The van der Waals surface area contributed by atoms with Crippen LogP contribution in [0.3, 0.4) is 0 Å². The molecule has 26 nitrogen and oxygen atoms in total. The monoisotopic (exact) mass is 1240 g/mol. The van der Waals surface area contributed by atoms with Gasteiger partial charge in [0.1, 0.15) is 12.1 Å². The Bertz CT molecular complexity index is 4800. The highest BCUT2D eigenvalue weighted by Gasteiger charge is 2.43. The number of aromatic nitrogens is 11. The normalized spacial score (nSPS) is 16.9. The third-order valence-corrected chi connectivity index (χ3v) is 16.8. The number of nitrogens with zero attached hydrogens (tertiary/aromatic N) is 14. The predicted octanol–water partition coefficient (Wildman–Crippen LogP) is 5.38. The molecule has 4 N–H and O–H groups in total. The summed E-state index contributed by atoms with van der Waals surface area (Å²) < 4.78 is 14.8. The van der Waals surface area contributed by atoms with Crippen LogP contribution in [0.25, 0.3) is 21.8 Å². The number of esters is 1. The van der Waals surface area contributed by atoms with E-state index >= 15 is 0 Å². The largest absolute Gasteiger partial charge is 0.503 e. The Morgan fingerprint density at radius 2 is 0.935 bits per heavy atom. The number of aromatic hydroxyl groups is 3. The fourth-order valence-corrected chi connectivity index (χ4v) is 12.5. The van der Waals surface area contributed by atoms with Gasteiger partial charge in [-0.3, -0.25) is 42.8 Å². The molecular formula is C66H60N14O12. The quantitative estimate of drug-likeness (QED) is 0.118. The molecular weight excluding hydrogens is 1180 g/mol. The zero-order valence-electron chi connectivity index (χ0n) is 49.9. The number of carbonyl (C=O) groups excluding carboxylic acids is 4. The summed E-state index contributed by atoms with van der Waals surface area (Å²) in [5.41, 5.74) is 2.66. The van der Waals surface area contributed by atoms with Crippen LogP contribution in [0.4, 0.5) is 0 Å². The molecule has 11 aromatic rings. The number of hydrogen-bond acceptors (Lipinski definition) is 17. The van der Waals surface area contributed by atoms with Crippen LogP contribution < -0.4 is 16.3 Å². The Balaban J connectivity index is 0.000000134. The van der Waals surface area contributed by atoms with Crippen LogP contribution in [-0.4, -0.2) is 160 Å². The number of para-hydroxylation sites is 2. The van der Waals surface area contributed by atoms with Crippen molar-refractivity contribution in [1.29, 1.82) is 0 Å². The lowest BCUT2D eigenvalue weighted by Crippen LogP contribution is -2.46. The van der Waals surface area contributed by atoms with Gasteiger partial charge in [-0.15, -0.1) is 0 Å². The number of aliphatic hydroxyl groups excluding tert-OH is 1. The van der Waals surface area contributed by atoms with E-state index in [4.69, 9.17) is 9.84 Å². The van der Waals surface area contributed by atoms with Crippen LogP contribution >= 0.6 is 0 Å². The molecule has 0 saturated heterocycles. The van der Waals surface area contributed by atoms with E-state index in [1.165, 1.54) is 37.2 Å². The number of methoxy groups -OCH3 is 1. The first-order valence-electron chi connectivity index (χ1n) is 29.1. The number of rotatable bonds is 11. The Hall–Kier alpha value is -11.8. The molecule has 6 atom stereocenters. The number of fused-ring (bicyclic) bond motifs is 5. The summed E-state index contributed by atoms with van der Waals surface area (Å²) >= 11 is 0. The minimum Gasteiger partial charge on any atom is -0.503 e. The molecule has 6 unspecified atom stereocenters. The number of likely N-dealkylation sites (N-methyl/N-ethyl adjacent to an activating group) is 3. The molecule has 3 aliphatic rings. The Kier molecular flexibility index (Phi) is 16.4. The van der Waals surface area contributed by atoms with Gasteiger partial charge in [0.2, 0.25) is 16.3 Å². The summed E-state index contributed by atoms with van der Waals surface area (Å²) in [5, 5.41) is 64.6. The van der Waals surface area contributed by atoms with Crippen molar-refractivity contribution in [1.82, 2.24) is 68.2 Å². The topological polar surface area (TPSA) is 313 Å². The Morgan fingerprint density at radius 3 is 1.42 bits per heavy atom. The summed E-state index contributed by atoms with van der Waals surface area (Å²) in [4.78, 5) is 91.2. The lowest BCUT2D eigenvalue weighted by atomic mass is 9.96. The number of benzene rings is 5. The van der Waals surface area contributed by atoms with Gasteiger partial charge in [-0.1, -0.05) is 127 Å². The van der Waals surface area contributed by atoms with Crippen molar-refractivity contribution in [2.24, 2.45) is 0 Å². The van der Waals surface area contributed by atoms with Crippen molar-refractivity contribution in [2.75, 3.05) is 47.9 Å². The second kappa shape index (κ2) is 25.0.